The standard InChI is InChI=1S/C26H24Cl3F5O/c1-14-9-16(3-4-18(14)23(35)10-15-5-7-26(33,34)8-6-15)22(30)13-19(25(2,31)32)17-11-20(27)24(29)21(28)12-17/h3-4,9,11-13,15,19H,5-8,10H2,1-2H3/b22-13-. The Morgan fingerprint density at radius 3 is 2.20 bits per heavy atom. The van der Waals surface area contributed by atoms with Crippen molar-refractivity contribution in [2.75, 3.05) is 0 Å². The van der Waals surface area contributed by atoms with Gasteiger partial charge in [0.25, 0.3) is 5.92 Å². The molecule has 0 heterocycles. The molecule has 0 N–H and O–H groups in total. The summed E-state index contributed by atoms with van der Waals surface area (Å²) >= 11 is 17.8. The maximum absolute atomic E-state index is 15.1. The average Bonchev–Trinajstić information content (AvgIpc) is 2.75. The summed E-state index contributed by atoms with van der Waals surface area (Å²) in [6, 6.07) is 6.62. The van der Waals surface area contributed by atoms with Gasteiger partial charge in [0.15, 0.2) is 5.78 Å². The molecule has 0 spiro atoms. The number of benzene rings is 2. The van der Waals surface area contributed by atoms with Gasteiger partial charge in [-0.15, -0.1) is 0 Å². The summed E-state index contributed by atoms with van der Waals surface area (Å²) in [6.45, 7) is 2.27. The molecule has 1 atom stereocenters. The molecular formula is C26H24Cl3F5O. The van der Waals surface area contributed by atoms with Crippen LogP contribution in [0.5, 0.6) is 0 Å². The first kappa shape index (κ1) is 27.9. The van der Waals surface area contributed by atoms with E-state index in [2.05, 4.69) is 0 Å². The van der Waals surface area contributed by atoms with E-state index in [1.54, 1.807) is 6.92 Å². The minimum absolute atomic E-state index is 0.00590. The third kappa shape index (κ3) is 6.99. The van der Waals surface area contributed by atoms with Crippen LogP contribution in [0.25, 0.3) is 5.83 Å². The molecule has 1 aliphatic carbocycles. The first-order valence-corrected chi connectivity index (χ1v) is 12.2. The lowest BCUT2D eigenvalue weighted by Gasteiger charge is -2.27. The number of hydrogen-bond donors (Lipinski definition) is 0. The lowest BCUT2D eigenvalue weighted by atomic mass is 9.82. The van der Waals surface area contributed by atoms with Gasteiger partial charge in [0.2, 0.25) is 5.92 Å². The third-order valence-electron chi connectivity index (χ3n) is 6.34. The number of ketones is 1. The smallest absolute Gasteiger partial charge is 0.255 e. The van der Waals surface area contributed by atoms with E-state index in [0.717, 1.165) is 6.08 Å². The van der Waals surface area contributed by atoms with E-state index >= 15 is 4.39 Å². The van der Waals surface area contributed by atoms with E-state index < -0.39 is 23.6 Å². The van der Waals surface area contributed by atoms with Gasteiger partial charge in [-0.3, -0.25) is 4.79 Å². The van der Waals surface area contributed by atoms with E-state index in [1.807, 2.05) is 0 Å². The van der Waals surface area contributed by atoms with Gasteiger partial charge >= 0.3 is 0 Å². The first-order valence-electron chi connectivity index (χ1n) is 11.1. The summed E-state index contributed by atoms with van der Waals surface area (Å²) in [5.41, 5.74) is 0.840. The Balaban J connectivity index is 1.83. The Morgan fingerprint density at radius 1 is 1.11 bits per heavy atom. The van der Waals surface area contributed by atoms with Crippen LogP contribution >= 0.6 is 34.8 Å². The number of carbonyl (C=O) groups excluding carboxylic acids is 1. The van der Waals surface area contributed by atoms with Crippen molar-refractivity contribution in [3.63, 3.8) is 0 Å². The highest BCUT2D eigenvalue weighted by molar-refractivity contribution is 6.48. The highest BCUT2D eigenvalue weighted by Gasteiger charge is 2.36. The molecule has 9 heteroatoms. The molecule has 0 aliphatic heterocycles. The minimum Gasteiger partial charge on any atom is -0.294 e. The zero-order valence-corrected chi connectivity index (χ0v) is 21.4. The van der Waals surface area contributed by atoms with Gasteiger partial charge in [-0.05, 0) is 61.1 Å². The van der Waals surface area contributed by atoms with Crippen molar-refractivity contribution in [3.05, 3.63) is 73.7 Å². The maximum Gasteiger partial charge on any atom is 0.255 e. The Kier molecular flexibility index (Phi) is 8.61. The number of Topliss-reactive ketones (excluding diaryl/α,β-unsaturated/α-hetero) is 1. The molecule has 1 unspecified atom stereocenters. The van der Waals surface area contributed by atoms with Crippen molar-refractivity contribution >= 4 is 46.4 Å². The number of alkyl halides is 4. The van der Waals surface area contributed by atoms with E-state index in [4.69, 9.17) is 34.8 Å². The maximum atomic E-state index is 15.1. The molecule has 1 saturated carbocycles. The van der Waals surface area contributed by atoms with Gasteiger partial charge in [-0.25, -0.2) is 22.0 Å². The van der Waals surface area contributed by atoms with Crippen LogP contribution in [0.4, 0.5) is 22.0 Å². The quantitative estimate of drug-likeness (QED) is 0.189. The van der Waals surface area contributed by atoms with Crippen LogP contribution < -0.4 is 0 Å². The molecule has 0 amide bonds. The summed E-state index contributed by atoms with van der Waals surface area (Å²) in [5.74, 6) is -8.94. The van der Waals surface area contributed by atoms with E-state index in [1.165, 1.54) is 30.3 Å². The van der Waals surface area contributed by atoms with Crippen molar-refractivity contribution in [2.45, 2.75) is 63.7 Å². The third-order valence-corrected chi connectivity index (χ3v) is 7.53. The molecule has 0 aromatic heterocycles. The predicted molar refractivity (Wildman–Crippen MR) is 131 cm³/mol. The molecule has 2 aromatic rings. The summed E-state index contributed by atoms with van der Waals surface area (Å²) in [6.07, 6.45) is 1.01. The normalized spacial score (nSPS) is 17.9. The Morgan fingerprint density at radius 2 is 1.69 bits per heavy atom. The number of halogens is 8. The molecule has 35 heavy (non-hydrogen) atoms. The second kappa shape index (κ2) is 10.8. The molecule has 1 nitrogen and oxygen atoms in total. The zero-order chi connectivity index (χ0) is 26.1. The SMILES string of the molecule is Cc1cc(/C(F)=C/C(c2cc(Cl)c(Cl)c(Cl)c2)C(C)(F)F)ccc1C(=O)CC1CCC(F)(F)CC1. The lowest BCUT2D eigenvalue weighted by Crippen LogP contribution is -2.25. The Bertz CT molecular complexity index is 1110. The second-order valence-electron chi connectivity index (χ2n) is 9.20. The highest BCUT2D eigenvalue weighted by atomic mass is 35.5. The number of aryl methyl sites for hydroxylation is 1. The van der Waals surface area contributed by atoms with Gasteiger partial charge in [-0.2, -0.15) is 0 Å². The van der Waals surface area contributed by atoms with Gasteiger partial charge in [0.05, 0.1) is 21.0 Å². The molecule has 2 aromatic carbocycles. The van der Waals surface area contributed by atoms with Crippen LogP contribution in [-0.4, -0.2) is 17.6 Å². The minimum atomic E-state index is -3.35. The molecule has 3 rings (SSSR count). The summed E-state index contributed by atoms with van der Waals surface area (Å²) < 4.78 is 70.7. The second-order valence-corrected chi connectivity index (χ2v) is 10.4. The summed E-state index contributed by atoms with van der Waals surface area (Å²) in [5, 5.41) is -0.0484. The van der Waals surface area contributed by atoms with Gasteiger partial charge in [0.1, 0.15) is 5.83 Å². The van der Waals surface area contributed by atoms with Crippen molar-refractivity contribution in [2.24, 2.45) is 5.92 Å². The van der Waals surface area contributed by atoms with Gasteiger partial charge in [0, 0.05) is 37.3 Å². The van der Waals surface area contributed by atoms with Crippen LogP contribution in [0.3, 0.4) is 0 Å². The van der Waals surface area contributed by atoms with Crippen LogP contribution in [0.1, 0.15) is 72.0 Å². The average molecular weight is 554 g/mol. The fourth-order valence-corrected chi connectivity index (χ4v) is 4.95. The fraction of sp³-hybridized carbons (Fsp3) is 0.423. The van der Waals surface area contributed by atoms with Gasteiger partial charge in [-0.1, -0.05) is 46.9 Å². The van der Waals surface area contributed by atoms with Crippen LogP contribution in [-0.2, 0) is 0 Å². The molecule has 0 bridgehead atoms. The lowest BCUT2D eigenvalue weighted by molar-refractivity contribution is -0.0458. The Hall–Kier alpha value is -1.63. The van der Waals surface area contributed by atoms with Crippen molar-refractivity contribution in [1.82, 2.24) is 0 Å². The van der Waals surface area contributed by atoms with Crippen LogP contribution in [0.2, 0.25) is 15.1 Å². The van der Waals surface area contributed by atoms with Crippen molar-refractivity contribution in [3.8, 4) is 0 Å². The van der Waals surface area contributed by atoms with E-state index in [9.17, 15) is 22.4 Å². The number of rotatable bonds is 7. The van der Waals surface area contributed by atoms with Crippen molar-refractivity contribution < 1.29 is 26.7 Å². The monoisotopic (exact) mass is 552 g/mol. The number of hydrogen-bond acceptors (Lipinski definition) is 1. The largest absolute Gasteiger partial charge is 0.294 e. The molecular weight excluding hydrogens is 530 g/mol. The number of carbonyl (C=O) groups is 1. The molecule has 190 valence electrons. The number of allylic oxidation sites excluding steroid dienone is 1. The highest BCUT2D eigenvalue weighted by Crippen LogP contribution is 2.42. The molecule has 0 radical (unpaired) electrons. The predicted octanol–water partition coefficient (Wildman–Crippen LogP) is 10.1. The summed E-state index contributed by atoms with van der Waals surface area (Å²) in [4.78, 5) is 12.7. The van der Waals surface area contributed by atoms with Crippen molar-refractivity contribution in [1.29, 1.82) is 0 Å². The van der Waals surface area contributed by atoms with Crippen LogP contribution in [0.15, 0.2) is 36.4 Å². The van der Waals surface area contributed by atoms with E-state index in [0.29, 0.717) is 18.1 Å². The Labute approximate surface area is 216 Å². The summed E-state index contributed by atoms with van der Waals surface area (Å²) in [7, 11) is 0. The van der Waals surface area contributed by atoms with Gasteiger partial charge < -0.3 is 0 Å². The van der Waals surface area contributed by atoms with E-state index in [-0.39, 0.29) is 70.0 Å². The molecule has 1 aliphatic rings. The first-order chi connectivity index (χ1) is 16.2. The molecule has 0 saturated heterocycles. The van der Waals surface area contributed by atoms with Crippen LogP contribution in [0, 0.1) is 12.8 Å². The fourth-order valence-electron chi connectivity index (χ4n) is 4.33. The molecule has 1 fully saturated rings. The zero-order valence-electron chi connectivity index (χ0n) is 19.1. The topological polar surface area (TPSA) is 17.1 Å².